The lowest BCUT2D eigenvalue weighted by molar-refractivity contribution is 0.109. The van der Waals surface area contributed by atoms with E-state index in [-0.39, 0.29) is 6.03 Å². The molecule has 3 aliphatic heterocycles. The molecule has 0 spiro atoms. The van der Waals surface area contributed by atoms with Crippen LogP contribution in [-0.4, -0.2) is 83.8 Å². The zero-order chi connectivity index (χ0) is 24.1. The van der Waals surface area contributed by atoms with Crippen molar-refractivity contribution in [1.29, 1.82) is 0 Å². The summed E-state index contributed by atoms with van der Waals surface area (Å²) in [5.74, 6) is 0.746. The molecule has 7 heterocycles. The first-order chi connectivity index (χ1) is 17.7. The molecule has 2 amide bonds. The predicted octanol–water partition coefficient (Wildman–Crippen LogP) is 3.46. The average Bonchev–Trinajstić information content (AvgIpc) is 3.67. The van der Waals surface area contributed by atoms with Crippen LogP contribution in [0.1, 0.15) is 18.5 Å². The van der Waals surface area contributed by atoms with Gasteiger partial charge in [0.15, 0.2) is 0 Å². The van der Waals surface area contributed by atoms with Gasteiger partial charge in [-0.05, 0) is 42.8 Å². The number of nitrogens with zero attached hydrogens (tertiary/aromatic N) is 7. The van der Waals surface area contributed by atoms with Crippen molar-refractivity contribution >= 4 is 39.8 Å². The molecule has 7 rings (SSSR count). The molecule has 36 heavy (non-hydrogen) atoms. The van der Waals surface area contributed by atoms with Gasteiger partial charge < -0.3 is 29.4 Å². The van der Waals surface area contributed by atoms with Crippen molar-refractivity contribution in [3.63, 3.8) is 0 Å². The number of urea groups is 1. The maximum Gasteiger partial charge on any atom is 0.320 e. The second-order valence-corrected chi connectivity index (χ2v) is 9.57. The van der Waals surface area contributed by atoms with Crippen molar-refractivity contribution in [2.45, 2.75) is 18.9 Å². The Morgan fingerprint density at radius 3 is 3.00 bits per heavy atom. The van der Waals surface area contributed by atoms with E-state index in [0.29, 0.717) is 19.1 Å². The Labute approximate surface area is 207 Å². The largest absolute Gasteiger partial charge is 0.371 e. The van der Waals surface area contributed by atoms with Gasteiger partial charge >= 0.3 is 6.03 Å². The fourth-order valence-electron chi connectivity index (χ4n) is 5.43. The van der Waals surface area contributed by atoms with Crippen LogP contribution in [0.2, 0.25) is 0 Å². The second-order valence-electron chi connectivity index (χ2n) is 9.57. The van der Waals surface area contributed by atoms with Gasteiger partial charge in [0, 0.05) is 63.1 Å². The number of fused-ring (bicyclic) bond motifs is 3. The van der Waals surface area contributed by atoms with Crippen LogP contribution in [-0.2, 0) is 0 Å². The number of amides is 2. The smallest absolute Gasteiger partial charge is 0.320 e. The molecule has 0 radical (unpaired) electrons. The fourth-order valence-corrected chi connectivity index (χ4v) is 5.43. The third kappa shape index (κ3) is 3.65. The Kier molecular flexibility index (Phi) is 4.90. The number of anilines is 2. The number of imidazole rings is 1. The third-order valence-corrected chi connectivity index (χ3v) is 7.41. The molecule has 0 saturated carbocycles. The standard InChI is InChI=1S/C26H27N9O/c36-26(35-13-12-32-8-1-2-20(32)16-35)33-9-5-18(6-10-33)22-14-21-24(28-17-29-25(21)31-22)30-19-3-4-23-27-7-11-34(23)15-19/h1,3-5,7-8,11,14-15,17,20H,2,6,9-10,12-13,16H2,(H2,28,29,30,31). The van der Waals surface area contributed by atoms with Gasteiger partial charge in [-0.1, -0.05) is 12.2 Å². The van der Waals surface area contributed by atoms with E-state index in [2.05, 4.69) is 54.6 Å². The minimum absolute atomic E-state index is 0.153. The predicted molar refractivity (Wildman–Crippen MR) is 138 cm³/mol. The second kappa shape index (κ2) is 8.40. The highest BCUT2D eigenvalue weighted by Gasteiger charge is 2.32. The summed E-state index contributed by atoms with van der Waals surface area (Å²) in [7, 11) is 0. The molecule has 0 bridgehead atoms. The van der Waals surface area contributed by atoms with E-state index in [1.807, 2.05) is 38.7 Å². The van der Waals surface area contributed by atoms with E-state index in [1.165, 1.54) is 5.57 Å². The van der Waals surface area contributed by atoms with Crippen LogP contribution in [0, 0.1) is 0 Å². The molecule has 1 unspecified atom stereocenters. The first-order valence-electron chi connectivity index (χ1n) is 12.4. The summed E-state index contributed by atoms with van der Waals surface area (Å²) in [4.78, 5) is 36.2. The van der Waals surface area contributed by atoms with E-state index in [0.717, 1.165) is 66.4 Å². The lowest BCUT2D eigenvalue weighted by atomic mass is 10.0. The zero-order valence-electron chi connectivity index (χ0n) is 19.8. The molecular formula is C26H27N9O. The van der Waals surface area contributed by atoms with Crippen LogP contribution in [0.15, 0.2) is 61.5 Å². The summed E-state index contributed by atoms with van der Waals surface area (Å²) in [5, 5.41) is 4.35. The summed E-state index contributed by atoms with van der Waals surface area (Å²) < 4.78 is 1.97. The number of nitrogens with one attached hydrogen (secondary N) is 2. The molecule has 1 atom stereocenters. The summed E-state index contributed by atoms with van der Waals surface area (Å²) in [5.41, 5.74) is 4.83. The van der Waals surface area contributed by atoms with Gasteiger partial charge in [-0.15, -0.1) is 0 Å². The van der Waals surface area contributed by atoms with Crippen LogP contribution in [0.3, 0.4) is 0 Å². The molecule has 10 heteroatoms. The number of H-pyrrole nitrogens is 1. The SMILES string of the molecule is O=C(N1CC=C(c2cc3c(Nc4ccc5nccn5c4)ncnc3[nH]2)CC1)N1CCN2C=CCC2C1. The number of rotatable bonds is 3. The highest BCUT2D eigenvalue weighted by Crippen LogP contribution is 2.30. The molecule has 1 fully saturated rings. The topological polar surface area (TPSA) is 97.7 Å². The van der Waals surface area contributed by atoms with Crippen molar-refractivity contribution in [2.24, 2.45) is 0 Å². The fraction of sp³-hybridized carbons (Fsp3) is 0.308. The first kappa shape index (κ1) is 21.0. The Morgan fingerprint density at radius 1 is 1.11 bits per heavy atom. The Balaban J connectivity index is 1.07. The summed E-state index contributed by atoms with van der Waals surface area (Å²) in [6.45, 7) is 3.85. The van der Waals surface area contributed by atoms with Crippen LogP contribution in [0.5, 0.6) is 0 Å². The van der Waals surface area contributed by atoms with Crippen LogP contribution in [0.25, 0.3) is 22.3 Å². The molecule has 10 nitrogen and oxygen atoms in total. The van der Waals surface area contributed by atoms with Crippen molar-refractivity contribution in [3.05, 3.63) is 67.2 Å². The van der Waals surface area contributed by atoms with E-state index >= 15 is 0 Å². The van der Waals surface area contributed by atoms with E-state index in [1.54, 1.807) is 12.5 Å². The normalized spacial score (nSPS) is 19.7. The Morgan fingerprint density at radius 2 is 2.08 bits per heavy atom. The maximum absolute atomic E-state index is 13.2. The minimum Gasteiger partial charge on any atom is -0.371 e. The van der Waals surface area contributed by atoms with Crippen LogP contribution < -0.4 is 5.32 Å². The van der Waals surface area contributed by atoms with Gasteiger partial charge in [0.2, 0.25) is 0 Å². The monoisotopic (exact) mass is 481 g/mol. The lowest BCUT2D eigenvalue weighted by Crippen LogP contribution is -2.55. The highest BCUT2D eigenvalue weighted by molar-refractivity contribution is 5.92. The lowest BCUT2D eigenvalue weighted by Gasteiger charge is -2.40. The quantitative estimate of drug-likeness (QED) is 0.465. The molecule has 182 valence electrons. The number of piperazine rings is 1. The summed E-state index contributed by atoms with van der Waals surface area (Å²) >= 11 is 0. The summed E-state index contributed by atoms with van der Waals surface area (Å²) in [6, 6.07) is 6.65. The molecule has 3 aliphatic rings. The van der Waals surface area contributed by atoms with Gasteiger partial charge in [0.25, 0.3) is 0 Å². The third-order valence-electron chi connectivity index (χ3n) is 7.41. The molecule has 1 saturated heterocycles. The minimum atomic E-state index is 0.153. The van der Waals surface area contributed by atoms with Crippen molar-refractivity contribution < 1.29 is 4.79 Å². The number of carbonyl (C=O) groups is 1. The number of aromatic amines is 1. The van der Waals surface area contributed by atoms with Crippen LogP contribution in [0.4, 0.5) is 16.3 Å². The van der Waals surface area contributed by atoms with E-state index in [4.69, 9.17) is 0 Å². The molecule has 2 N–H and O–H groups in total. The Bertz CT molecular complexity index is 1520. The highest BCUT2D eigenvalue weighted by atomic mass is 16.2. The molecule has 4 aromatic heterocycles. The number of carbonyl (C=O) groups excluding carboxylic acids is 1. The van der Waals surface area contributed by atoms with Gasteiger partial charge in [-0.2, -0.15) is 0 Å². The van der Waals surface area contributed by atoms with E-state index < -0.39 is 0 Å². The van der Waals surface area contributed by atoms with Crippen LogP contribution >= 0.6 is 0 Å². The first-order valence-corrected chi connectivity index (χ1v) is 12.4. The average molecular weight is 482 g/mol. The number of pyridine rings is 1. The van der Waals surface area contributed by atoms with Crippen molar-refractivity contribution in [1.82, 2.24) is 39.0 Å². The number of aromatic nitrogens is 5. The van der Waals surface area contributed by atoms with Gasteiger partial charge in [-0.3, -0.25) is 0 Å². The van der Waals surface area contributed by atoms with E-state index in [9.17, 15) is 4.79 Å². The van der Waals surface area contributed by atoms with Crippen molar-refractivity contribution in [3.8, 4) is 0 Å². The Hall–Kier alpha value is -4.34. The van der Waals surface area contributed by atoms with Gasteiger partial charge in [-0.25, -0.2) is 19.7 Å². The van der Waals surface area contributed by atoms with Crippen molar-refractivity contribution in [2.75, 3.05) is 38.0 Å². The number of hydrogen-bond donors (Lipinski definition) is 2. The maximum atomic E-state index is 13.2. The molecular weight excluding hydrogens is 454 g/mol. The molecule has 4 aromatic rings. The van der Waals surface area contributed by atoms with Gasteiger partial charge in [0.1, 0.15) is 23.4 Å². The summed E-state index contributed by atoms with van der Waals surface area (Å²) in [6.07, 6.45) is 15.6. The zero-order valence-corrected chi connectivity index (χ0v) is 19.8. The van der Waals surface area contributed by atoms with Gasteiger partial charge in [0.05, 0.1) is 11.1 Å². The molecule has 0 aliphatic carbocycles. The number of hydrogen-bond acceptors (Lipinski definition) is 6. The molecule has 0 aromatic carbocycles.